The van der Waals surface area contributed by atoms with Crippen molar-refractivity contribution >= 4 is 23.2 Å². The van der Waals surface area contributed by atoms with Gasteiger partial charge in [-0.3, -0.25) is 0 Å². The normalized spacial score (nSPS) is 10.9. The number of halogens is 2. The minimum atomic E-state index is 0.528. The van der Waals surface area contributed by atoms with Crippen LogP contribution in [0.15, 0.2) is 24.4 Å². The lowest BCUT2D eigenvalue weighted by Gasteiger charge is -2.08. The monoisotopic (exact) mass is 283 g/mol. The highest BCUT2D eigenvalue weighted by molar-refractivity contribution is 6.43. The Hall–Kier alpha value is -1.03. The molecule has 0 unspecified atom stereocenters. The van der Waals surface area contributed by atoms with Crippen molar-refractivity contribution in [2.24, 2.45) is 0 Å². The number of hydrogen-bond acceptors (Lipinski definition) is 2. The Bertz CT molecular complexity index is 549. The van der Waals surface area contributed by atoms with Gasteiger partial charge in [-0.2, -0.15) is 5.10 Å². The molecule has 0 radical (unpaired) electrons. The molecule has 0 amide bonds. The molecule has 2 rings (SSSR count). The van der Waals surface area contributed by atoms with E-state index in [9.17, 15) is 0 Å². The van der Waals surface area contributed by atoms with Crippen LogP contribution < -0.4 is 5.32 Å². The number of rotatable bonds is 4. The quantitative estimate of drug-likeness (QED) is 0.929. The van der Waals surface area contributed by atoms with Gasteiger partial charge in [-0.1, -0.05) is 36.2 Å². The molecule has 0 aliphatic carbocycles. The zero-order valence-electron chi connectivity index (χ0n) is 10.4. The van der Waals surface area contributed by atoms with Crippen LogP contribution >= 0.6 is 23.2 Å². The first kappa shape index (κ1) is 13.4. The zero-order valence-corrected chi connectivity index (χ0v) is 11.9. The summed E-state index contributed by atoms with van der Waals surface area (Å²) in [5, 5.41) is 8.73. The summed E-state index contributed by atoms with van der Waals surface area (Å²) in [6.45, 7) is 5.84. The minimum Gasteiger partial charge on any atom is -0.313 e. The molecule has 0 saturated heterocycles. The van der Waals surface area contributed by atoms with Gasteiger partial charge in [-0.15, -0.1) is 0 Å². The fraction of sp³-hybridized carbons (Fsp3) is 0.308. The van der Waals surface area contributed by atoms with Crippen LogP contribution in [-0.2, 0) is 6.54 Å². The first-order valence-electron chi connectivity index (χ1n) is 5.83. The van der Waals surface area contributed by atoms with E-state index in [1.807, 2.05) is 29.9 Å². The molecular formula is C13H15Cl2N3. The Kier molecular flexibility index (Phi) is 4.27. The summed E-state index contributed by atoms with van der Waals surface area (Å²) in [5.74, 6) is 0. The van der Waals surface area contributed by atoms with E-state index in [0.29, 0.717) is 10.0 Å². The van der Waals surface area contributed by atoms with Crippen molar-refractivity contribution in [2.75, 3.05) is 6.54 Å². The number of benzene rings is 1. The Morgan fingerprint density at radius 2 is 2.11 bits per heavy atom. The van der Waals surface area contributed by atoms with Crippen LogP contribution in [0, 0.1) is 6.92 Å². The molecule has 1 aromatic carbocycles. The van der Waals surface area contributed by atoms with Crippen LogP contribution in [0.2, 0.25) is 10.0 Å². The van der Waals surface area contributed by atoms with Crippen LogP contribution in [-0.4, -0.2) is 16.3 Å². The summed E-state index contributed by atoms with van der Waals surface area (Å²) >= 11 is 12.2. The molecular weight excluding hydrogens is 269 g/mol. The fourth-order valence-corrected chi connectivity index (χ4v) is 2.15. The van der Waals surface area contributed by atoms with E-state index >= 15 is 0 Å². The Balaban J connectivity index is 2.39. The van der Waals surface area contributed by atoms with Crippen molar-refractivity contribution in [2.45, 2.75) is 20.4 Å². The van der Waals surface area contributed by atoms with Crippen molar-refractivity contribution in [1.29, 1.82) is 0 Å². The molecule has 1 aromatic heterocycles. The molecule has 3 nitrogen and oxygen atoms in total. The van der Waals surface area contributed by atoms with Crippen LogP contribution in [0.4, 0.5) is 0 Å². The Morgan fingerprint density at radius 1 is 1.33 bits per heavy atom. The van der Waals surface area contributed by atoms with Crippen molar-refractivity contribution in [3.8, 4) is 5.69 Å². The second kappa shape index (κ2) is 5.74. The summed E-state index contributed by atoms with van der Waals surface area (Å²) in [6, 6.07) is 5.55. The van der Waals surface area contributed by atoms with Gasteiger partial charge in [0.25, 0.3) is 0 Å². The van der Waals surface area contributed by atoms with Gasteiger partial charge in [0.2, 0.25) is 0 Å². The van der Waals surface area contributed by atoms with Gasteiger partial charge >= 0.3 is 0 Å². The summed E-state index contributed by atoms with van der Waals surface area (Å²) in [7, 11) is 0. The summed E-state index contributed by atoms with van der Waals surface area (Å²) < 4.78 is 1.82. The topological polar surface area (TPSA) is 29.9 Å². The molecule has 0 saturated carbocycles. The number of aromatic nitrogens is 2. The number of nitrogens with one attached hydrogen (secondary N) is 1. The third-order valence-electron chi connectivity index (χ3n) is 2.84. The highest BCUT2D eigenvalue weighted by Crippen LogP contribution is 2.29. The van der Waals surface area contributed by atoms with Crippen LogP contribution in [0.1, 0.15) is 18.2 Å². The maximum absolute atomic E-state index is 6.20. The smallest absolute Gasteiger partial charge is 0.0850 e. The maximum Gasteiger partial charge on any atom is 0.0850 e. The van der Waals surface area contributed by atoms with E-state index in [0.717, 1.165) is 30.0 Å². The molecule has 0 fully saturated rings. The second-order valence-electron chi connectivity index (χ2n) is 4.02. The van der Waals surface area contributed by atoms with Gasteiger partial charge in [-0.05, 0) is 25.6 Å². The molecule has 18 heavy (non-hydrogen) atoms. The Morgan fingerprint density at radius 3 is 2.83 bits per heavy atom. The van der Waals surface area contributed by atoms with E-state index in [2.05, 4.69) is 17.3 Å². The molecule has 0 bridgehead atoms. The van der Waals surface area contributed by atoms with E-state index in [4.69, 9.17) is 23.2 Å². The lowest BCUT2D eigenvalue weighted by atomic mass is 10.2. The minimum absolute atomic E-state index is 0.528. The molecule has 5 heteroatoms. The van der Waals surface area contributed by atoms with E-state index in [1.54, 1.807) is 6.07 Å². The molecule has 0 aliphatic heterocycles. The molecule has 0 aliphatic rings. The standard InChI is InChI=1S/C13H15Cl2N3/c1-3-16-7-10-8-17-18(9(10)2)12-6-4-5-11(14)13(12)15/h4-6,8,16H,3,7H2,1-2H3. The van der Waals surface area contributed by atoms with Crippen molar-refractivity contribution in [1.82, 2.24) is 15.1 Å². The molecule has 1 heterocycles. The SMILES string of the molecule is CCNCc1cnn(-c2cccc(Cl)c2Cl)c1C. The zero-order chi connectivity index (χ0) is 13.1. The van der Waals surface area contributed by atoms with Gasteiger partial charge in [0.1, 0.15) is 0 Å². The van der Waals surface area contributed by atoms with Crippen LogP contribution in [0.25, 0.3) is 5.69 Å². The van der Waals surface area contributed by atoms with E-state index < -0.39 is 0 Å². The molecule has 0 atom stereocenters. The third kappa shape index (κ3) is 2.53. The molecule has 2 aromatic rings. The van der Waals surface area contributed by atoms with Crippen molar-refractivity contribution in [3.63, 3.8) is 0 Å². The highest BCUT2D eigenvalue weighted by atomic mass is 35.5. The molecule has 1 N–H and O–H groups in total. The number of hydrogen-bond donors (Lipinski definition) is 1. The lowest BCUT2D eigenvalue weighted by Crippen LogP contribution is -2.12. The maximum atomic E-state index is 6.20. The average Bonchev–Trinajstić information content (AvgIpc) is 2.72. The first-order chi connectivity index (χ1) is 8.65. The van der Waals surface area contributed by atoms with Crippen molar-refractivity contribution in [3.05, 3.63) is 45.7 Å². The third-order valence-corrected chi connectivity index (χ3v) is 3.65. The van der Waals surface area contributed by atoms with Crippen molar-refractivity contribution < 1.29 is 0 Å². The molecule has 0 spiro atoms. The lowest BCUT2D eigenvalue weighted by molar-refractivity contribution is 0.721. The highest BCUT2D eigenvalue weighted by Gasteiger charge is 2.11. The van der Waals surface area contributed by atoms with Gasteiger partial charge in [0, 0.05) is 17.8 Å². The second-order valence-corrected chi connectivity index (χ2v) is 4.81. The van der Waals surface area contributed by atoms with Gasteiger partial charge in [-0.25, -0.2) is 4.68 Å². The van der Waals surface area contributed by atoms with E-state index in [-0.39, 0.29) is 0 Å². The summed E-state index contributed by atoms with van der Waals surface area (Å²) in [5.41, 5.74) is 3.04. The predicted octanol–water partition coefficient (Wildman–Crippen LogP) is 3.60. The van der Waals surface area contributed by atoms with Gasteiger partial charge < -0.3 is 5.32 Å². The van der Waals surface area contributed by atoms with E-state index in [1.165, 1.54) is 0 Å². The average molecular weight is 284 g/mol. The summed E-state index contributed by atoms with van der Waals surface area (Å²) in [4.78, 5) is 0. The number of nitrogens with zero attached hydrogens (tertiary/aromatic N) is 2. The Labute approximate surface area is 117 Å². The predicted molar refractivity (Wildman–Crippen MR) is 75.7 cm³/mol. The van der Waals surface area contributed by atoms with Crippen LogP contribution in [0.5, 0.6) is 0 Å². The fourth-order valence-electron chi connectivity index (χ4n) is 1.78. The van der Waals surface area contributed by atoms with Gasteiger partial charge in [0.15, 0.2) is 0 Å². The van der Waals surface area contributed by atoms with Crippen LogP contribution in [0.3, 0.4) is 0 Å². The molecule has 96 valence electrons. The largest absolute Gasteiger partial charge is 0.313 e. The first-order valence-corrected chi connectivity index (χ1v) is 6.59. The summed E-state index contributed by atoms with van der Waals surface area (Å²) in [6.07, 6.45) is 1.86. The van der Waals surface area contributed by atoms with Gasteiger partial charge in [0.05, 0.1) is 21.9 Å².